The van der Waals surface area contributed by atoms with Crippen LogP contribution < -0.4 is 11.0 Å². The van der Waals surface area contributed by atoms with Crippen molar-refractivity contribution in [1.29, 1.82) is 0 Å². The fourth-order valence-electron chi connectivity index (χ4n) is 2.95. The molecule has 0 fully saturated rings. The lowest BCUT2D eigenvalue weighted by atomic mass is 9.88. The number of hydrazone groups is 1. The number of carboxylic acid groups (broad SMARTS) is 4. The first kappa shape index (κ1) is 23.3. The Morgan fingerprint density at radius 1 is 0.893 bits per heavy atom. The van der Waals surface area contributed by atoms with Gasteiger partial charge in [0.05, 0.1) is 12.1 Å². The summed E-state index contributed by atoms with van der Waals surface area (Å²) in [5, 5.41) is 41.2. The highest BCUT2D eigenvalue weighted by atomic mass is 16.4. The molecule has 1 aliphatic heterocycles. The maximum atomic E-state index is 11.1. The molecular weight excluding hydrogens is 376 g/mol. The van der Waals surface area contributed by atoms with Crippen molar-refractivity contribution in [2.45, 2.75) is 44.9 Å². The Bertz CT molecular complexity index is 609. The number of hydrogen-bond acceptors (Lipinski definition) is 8. The van der Waals surface area contributed by atoms with Gasteiger partial charge in [-0.2, -0.15) is 5.10 Å². The molecule has 0 radical (unpaired) electrons. The smallest absolute Gasteiger partial charge is 0.321 e. The van der Waals surface area contributed by atoms with Gasteiger partial charge in [-0.1, -0.05) is 0 Å². The molecular formula is C16H26N4O8. The van der Waals surface area contributed by atoms with Gasteiger partial charge in [0.25, 0.3) is 0 Å². The summed E-state index contributed by atoms with van der Waals surface area (Å²) in [6.07, 6.45) is 0.874. The molecule has 28 heavy (non-hydrogen) atoms. The summed E-state index contributed by atoms with van der Waals surface area (Å²) < 4.78 is 0. The van der Waals surface area contributed by atoms with E-state index in [0.29, 0.717) is 19.3 Å². The van der Waals surface area contributed by atoms with E-state index in [1.54, 1.807) is 0 Å². The number of hydrogen-bond donors (Lipinski definition) is 6. The van der Waals surface area contributed by atoms with Crippen LogP contribution in [0.5, 0.6) is 0 Å². The summed E-state index contributed by atoms with van der Waals surface area (Å²) in [6.45, 7) is -0.360. The van der Waals surface area contributed by atoms with Crippen LogP contribution in [0.1, 0.15) is 44.9 Å². The molecule has 12 heteroatoms. The van der Waals surface area contributed by atoms with Gasteiger partial charge in [-0.3, -0.25) is 19.2 Å². The molecule has 0 bridgehead atoms. The van der Waals surface area contributed by atoms with Gasteiger partial charge in [-0.25, -0.2) is 11.0 Å². The Hall–Kier alpha value is -2.73. The second-order valence-electron chi connectivity index (χ2n) is 6.73. The fourth-order valence-corrected chi connectivity index (χ4v) is 2.95. The molecule has 1 heterocycles. The van der Waals surface area contributed by atoms with Crippen LogP contribution in [-0.4, -0.2) is 68.2 Å². The van der Waals surface area contributed by atoms with Crippen molar-refractivity contribution in [1.82, 2.24) is 16.1 Å². The Balaban J connectivity index is 3.00. The van der Waals surface area contributed by atoms with E-state index >= 15 is 0 Å². The van der Waals surface area contributed by atoms with Crippen LogP contribution in [0.4, 0.5) is 0 Å². The highest BCUT2D eigenvalue weighted by Gasteiger charge is 2.22. The molecule has 1 rings (SSSR count). The second kappa shape index (κ2) is 11.9. The quantitative estimate of drug-likeness (QED) is 0.320. The Morgan fingerprint density at radius 2 is 1.50 bits per heavy atom. The number of nitrogens with one attached hydrogen (secondary N) is 2. The van der Waals surface area contributed by atoms with Gasteiger partial charge in [0.2, 0.25) is 0 Å². The average molecular weight is 402 g/mol. The summed E-state index contributed by atoms with van der Waals surface area (Å²) in [4.78, 5) is 44.2. The summed E-state index contributed by atoms with van der Waals surface area (Å²) in [7, 11) is 0. The Morgan fingerprint density at radius 3 is 2.07 bits per heavy atom. The SMILES string of the molecule is O=C(O)C/C1=N/NN(CC(=O)O)NCC(CC(=O)O)CCC(CC(=O)O)CC1. The third-order valence-corrected chi connectivity index (χ3v) is 4.30. The predicted octanol–water partition coefficient (Wildman–Crippen LogP) is -0.0313. The molecule has 0 aromatic carbocycles. The van der Waals surface area contributed by atoms with Crippen LogP contribution in [0.3, 0.4) is 0 Å². The van der Waals surface area contributed by atoms with Crippen LogP contribution in [0, 0.1) is 11.8 Å². The van der Waals surface area contributed by atoms with Crippen molar-refractivity contribution >= 4 is 29.6 Å². The summed E-state index contributed by atoms with van der Waals surface area (Å²) in [5.41, 5.74) is 5.47. The lowest BCUT2D eigenvalue weighted by Crippen LogP contribution is -2.50. The van der Waals surface area contributed by atoms with E-state index in [1.165, 1.54) is 0 Å². The monoisotopic (exact) mass is 402 g/mol. The largest absolute Gasteiger partial charge is 0.481 e. The normalized spacial score (nSPS) is 23.9. The highest BCUT2D eigenvalue weighted by molar-refractivity contribution is 5.98. The molecule has 0 aromatic rings. The van der Waals surface area contributed by atoms with E-state index in [2.05, 4.69) is 16.1 Å². The molecule has 0 saturated heterocycles. The average Bonchev–Trinajstić information content (AvgIpc) is 2.55. The molecule has 2 atom stereocenters. The Labute approximate surface area is 161 Å². The van der Waals surface area contributed by atoms with Crippen molar-refractivity contribution in [3.05, 3.63) is 0 Å². The molecule has 0 saturated carbocycles. The molecule has 158 valence electrons. The summed E-state index contributed by atoms with van der Waals surface area (Å²) in [5.74, 6) is -4.85. The number of carboxylic acids is 4. The molecule has 2 unspecified atom stereocenters. The van der Waals surface area contributed by atoms with Crippen molar-refractivity contribution in [2.75, 3.05) is 13.1 Å². The molecule has 0 aromatic heterocycles. The number of aliphatic carboxylic acids is 4. The lowest BCUT2D eigenvalue weighted by Gasteiger charge is -2.26. The van der Waals surface area contributed by atoms with Crippen LogP contribution >= 0.6 is 0 Å². The molecule has 0 aliphatic carbocycles. The fraction of sp³-hybridized carbons (Fsp3) is 0.688. The van der Waals surface area contributed by atoms with E-state index < -0.39 is 30.4 Å². The van der Waals surface area contributed by atoms with Gasteiger partial charge in [0.1, 0.15) is 6.54 Å². The molecule has 12 nitrogen and oxygen atoms in total. The molecule has 0 spiro atoms. The summed E-state index contributed by atoms with van der Waals surface area (Å²) >= 11 is 0. The zero-order valence-corrected chi connectivity index (χ0v) is 15.3. The standard InChI is InChI=1S/C16H26N4O8/c21-13(22)5-10-1-2-11(6-14(23)24)8-17-20(9-16(27)28)19-18-12(4-3-10)7-15(25)26/h10-11,17,19H,1-9H2,(H,21,22)(H,23,24)(H,25,26)(H,27,28)/b18-12+. The maximum absolute atomic E-state index is 11.1. The topological polar surface area (TPSA) is 189 Å². The number of rotatable bonds is 8. The van der Waals surface area contributed by atoms with Gasteiger partial charge in [0.15, 0.2) is 0 Å². The van der Waals surface area contributed by atoms with E-state index in [-0.39, 0.29) is 49.8 Å². The zero-order valence-electron chi connectivity index (χ0n) is 15.3. The first-order valence-electron chi connectivity index (χ1n) is 8.85. The number of hydrazine groups is 2. The molecule has 1 aliphatic rings. The van der Waals surface area contributed by atoms with E-state index in [9.17, 15) is 19.2 Å². The minimum Gasteiger partial charge on any atom is -0.481 e. The van der Waals surface area contributed by atoms with Crippen molar-refractivity contribution < 1.29 is 39.6 Å². The lowest BCUT2D eigenvalue weighted by molar-refractivity contribution is -0.141. The number of nitrogens with zero attached hydrogens (tertiary/aromatic N) is 2. The van der Waals surface area contributed by atoms with E-state index in [4.69, 9.17) is 20.4 Å². The van der Waals surface area contributed by atoms with Gasteiger partial charge < -0.3 is 20.4 Å². The third kappa shape index (κ3) is 10.4. The van der Waals surface area contributed by atoms with Crippen LogP contribution in [-0.2, 0) is 19.2 Å². The van der Waals surface area contributed by atoms with Crippen LogP contribution in [0.25, 0.3) is 0 Å². The van der Waals surface area contributed by atoms with Gasteiger partial charge in [-0.05, 0) is 37.5 Å². The van der Waals surface area contributed by atoms with Gasteiger partial charge in [0, 0.05) is 19.4 Å². The minimum absolute atomic E-state index is 0.105. The maximum Gasteiger partial charge on any atom is 0.321 e. The van der Waals surface area contributed by atoms with Crippen LogP contribution in [0.2, 0.25) is 0 Å². The number of carbonyl (C=O) groups is 4. The van der Waals surface area contributed by atoms with Gasteiger partial charge in [-0.15, -0.1) is 5.12 Å². The van der Waals surface area contributed by atoms with Crippen LogP contribution in [0.15, 0.2) is 5.10 Å². The van der Waals surface area contributed by atoms with Crippen molar-refractivity contribution in [3.63, 3.8) is 0 Å². The van der Waals surface area contributed by atoms with Gasteiger partial charge >= 0.3 is 23.9 Å². The Kier molecular flexibility index (Phi) is 9.88. The van der Waals surface area contributed by atoms with E-state index in [1.807, 2.05) is 0 Å². The van der Waals surface area contributed by atoms with E-state index in [0.717, 1.165) is 5.12 Å². The predicted molar refractivity (Wildman–Crippen MR) is 95.1 cm³/mol. The first-order valence-corrected chi connectivity index (χ1v) is 8.85. The second-order valence-corrected chi connectivity index (χ2v) is 6.73. The van der Waals surface area contributed by atoms with Crippen molar-refractivity contribution in [3.8, 4) is 0 Å². The molecule has 0 amide bonds. The first-order chi connectivity index (χ1) is 13.2. The highest BCUT2D eigenvalue weighted by Crippen LogP contribution is 2.23. The van der Waals surface area contributed by atoms with Crippen molar-refractivity contribution in [2.24, 2.45) is 16.9 Å². The third-order valence-electron chi connectivity index (χ3n) is 4.30. The zero-order chi connectivity index (χ0) is 21.1. The minimum atomic E-state index is -1.17. The summed E-state index contributed by atoms with van der Waals surface area (Å²) in [6, 6.07) is 0. The molecule has 6 N–H and O–H groups in total.